The number of thiophene rings is 1. The quantitative estimate of drug-likeness (QED) is 0.252. The number of carbonyl (C=O) groups excluding carboxylic acids is 1. The Hall–Kier alpha value is -2.84. The van der Waals surface area contributed by atoms with Crippen molar-refractivity contribution >= 4 is 40.6 Å². The smallest absolute Gasteiger partial charge is 0.249 e. The molecule has 0 aliphatic carbocycles. The SMILES string of the molecule is CC(C)(Cc1c[nH]c2cccc(C(N)=O)c12)NC[C@H](O)COc1ccccc1-c1cccs1.Cl. The number of amides is 1. The third kappa shape index (κ3) is 5.98. The van der Waals surface area contributed by atoms with Gasteiger partial charge in [-0.2, -0.15) is 0 Å². The maximum Gasteiger partial charge on any atom is 0.249 e. The number of para-hydroxylation sites is 1. The minimum absolute atomic E-state index is 0. The third-order valence-corrected chi connectivity index (χ3v) is 6.51. The number of benzene rings is 2. The Morgan fingerprint density at radius 2 is 1.97 bits per heavy atom. The minimum Gasteiger partial charge on any atom is -0.490 e. The van der Waals surface area contributed by atoms with Crippen molar-refractivity contribution in [1.82, 2.24) is 10.3 Å². The van der Waals surface area contributed by atoms with Crippen LogP contribution < -0.4 is 15.8 Å². The Labute approximate surface area is 209 Å². The molecule has 180 valence electrons. The lowest BCUT2D eigenvalue weighted by molar-refractivity contribution is 0.0991. The molecule has 0 aliphatic rings. The van der Waals surface area contributed by atoms with Gasteiger partial charge in [0.25, 0.3) is 0 Å². The van der Waals surface area contributed by atoms with Crippen molar-refractivity contribution in [3.63, 3.8) is 0 Å². The number of carbonyl (C=O) groups is 1. The number of aliphatic hydroxyl groups excluding tert-OH is 1. The van der Waals surface area contributed by atoms with Crippen LogP contribution >= 0.6 is 23.7 Å². The first-order valence-corrected chi connectivity index (χ1v) is 11.8. The van der Waals surface area contributed by atoms with E-state index in [-0.39, 0.29) is 24.6 Å². The average molecular weight is 500 g/mol. The number of aliphatic hydroxyl groups is 1. The number of ether oxygens (including phenoxy) is 1. The molecule has 2 aromatic heterocycles. The molecule has 8 heteroatoms. The Bertz CT molecular complexity index is 1240. The van der Waals surface area contributed by atoms with Gasteiger partial charge >= 0.3 is 0 Å². The highest BCUT2D eigenvalue weighted by molar-refractivity contribution is 7.13. The summed E-state index contributed by atoms with van der Waals surface area (Å²) in [5.41, 5.74) is 8.68. The van der Waals surface area contributed by atoms with Gasteiger partial charge in [-0.25, -0.2) is 0 Å². The summed E-state index contributed by atoms with van der Waals surface area (Å²) in [4.78, 5) is 16.2. The number of rotatable bonds is 10. The average Bonchev–Trinajstić information content (AvgIpc) is 3.47. The fourth-order valence-corrected chi connectivity index (χ4v) is 4.76. The molecule has 2 heterocycles. The van der Waals surface area contributed by atoms with Crippen molar-refractivity contribution in [3.05, 3.63) is 77.3 Å². The lowest BCUT2D eigenvalue weighted by Crippen LogP contribution is -2.46. The van der Waals surface area contributed by atoms with Crippen LogP contribution in [0.4, 0.5) is 0 Å². The summed E-state index contributed by atoms with van der Waals surface area (Å²) >= 11 is 1.66. The van der Waals surface area contributed by atoms with E-state index in [0.717, 1.165) is 32.7 Å². The second-order valence-electron chi connectivity index (χ2n) is 8.79. The van der Waals surface area contributed by atoms with Crippen molar-refractivity contribution in [2.45, 2.75) is 31.9 Å². The van der Waals surface area contributed by atoms with Gasteiger partial charge in [0.15, 0.2) is 0 Å². The predicted octanol–water partition coefficient (Wildman–Crippen LogP) is 4.77. The molecule has 0 radical (unpaired) electrons. The van der Waals surface area contributed by atoms with Gasteiger partial charge in [0, 0.05) is 45.2 Å². The number of halogens is 1. The molecule has 2 aromatic carbocycles. The van der Waals surface area contributed by atoms with Crippen LogP contribution in [0.1, 0.15) is 29.8 Å². The van der Waals surface area contributed by atoms with E-state index in [9.17, 15) is 9.90 Å². The molecule has 4 aromatic rings. The number of nitrogens with one attached hydrogen (secondary N) is 2. The Balaban J connectivity index is 0.00000324. The summed E-state index contributed by atoms with van der Waals surface area (Å²) in [6.07, 6.45) is 1.90. The molecule has 0 saturated carbocycles. The molecular formula is C26H30ClN3O3S. The lowest BCUT2D eigenvalue weighted by atomic mass is 9.93. The third-order valence-electron chi connectivity index (χ3n) is 5.61. The first-order valence-electron chi connectivity index (χ1n) is 10.9. The summed E-state index contributed by atoms with van der Waals surface area (Å²) < 4.78 is 5.95. The largest absolute Gasteiger partial charge is 0.490 e. The van der Waals surface area contributed by atoms with Gasteiger partial charge in [-0.3, -0.25) is 4.79 Å². The van der Waals surface area contributed by atoms with Crippen LogP contribution in [0.25, 0.3) is 21.3 Å². The first kappa shape index (κ1) is 25.8. The molecule has 1 atom stereocenters. The molecule has 0 aliphatic heterocycles. The summed E-state index contributed by atoms with van der Waals surface area (Å²) in [5, 5.41) is 16.9. The summed E-state index contributed by atoms with van der Waals surface area (Å²) in [5.74, 6) is 0.318. The van der Waals surface area contributed by atoms with Crippen LogP contribution in [0.2, 0.25) is 0 Å². The Morgan fingerprint density at radius 3 is 2.71 bits per heavy atom. The molecular weight excluding hydrogens is 470 g/mol. The molecule has 0 fully saturated rings. The zero-order chi connectivity index (χ0) is 23.4. The van der Waals surface area contributed by atoms with Crippen LogP contribution in [-0.2, 0) is 6.42 Å². The Morgan fingerprint density at radius 1 is 1.18 bits per heavy atom. The summed E-state index contributed by atoms with van der Waals surface area (Å²) in [6.45, 7) is 4.69. The second-order valence-corrected chi connectivity index (χ2v) is 9.73. The van der Waals surface area contributed by atoms with E-state index in [1.54, 1.807) is 17.4 Å². The second kappa shape index (κ2) is 11.1. The molecule has 5 N–H and O–H groups in total. The van der Waals surface area contributed by atoms with Crippen LogP contribution in [0.5, 0.6) is 5.75 Å². The minimum atomic E-state index is -0.676. The highest BCUT2D eigenvalue weighted by Gasteiger charge is 2.23. The molecule has 1 amide bonds. The fraction of sp³-hybridized carbons (Fsp3) is 0.269. The lowest BCUT2D eigenvalue weighted by Gasteiger charge is -2.28. The standard InChI is InChI=1S/C26H29N3O3S.ClH/c1-26(2,13-17-14-28-21-9-5-8-20(24(17)21)25(27)31)29-15-18(30)16-32-22-10-4-3-7-19(22)23-11-6-12-33-23;/h3-12,14,18,28-30H,13,15-16H2,1-2H3,(H2,27,31);1H/t18-;/m0./s1. The van der Waals surface area contributed by atoms with Gasteiger partial charge in [-0.05, 0) is 61.5 Å². The number of hydrogen-bond donors (Lipinski definition) is 4. The number of primary amides is 1. The van der Waals surface area contributed by atoms with Gasteiger partial charge in [-0.15, -0.1) is 23.7 Å². The van der Waals surface area contributed by atoms with Crippen molar-refractivity contribution in [2.75, 3.05) is 13.2 Å². The van der Waals surface area contributed by atoms with Gasteiger partial charge < -0.3 is 25.9 Å². The van der Waals surface area contributed by atoms with E-state index in [0.29, 0.717) is 18.5 Å². The van der Waals surface area contributed by atoms with Crippen molar-refractivity contribution < 1.29 is 14.6 Å². The normalized spacial score (nSPS) is 12.3. The maximum absolute atomic E-state index is 11.9. The molecule has 0 spiro atoms. The number of fused-ring (bicyclic) bond motifs is 1. The number of hydrogen-bond acceptors (Lipinski definition) is 5. The number of β-amino-alcohol motifs (C(OH)–C–C–N with tert-alkyl or cyclic N) is 1. The van der Waals surface area contributed by atoms with E-state index in [4.69, 9.17) is 10.5 Å². The summed E-state index contributed by atoms with van der Waals surface area (Å²) in [7, 11) is 0. The predicted molar refractivity (Wildman–Crippen MR) is 141 cm³/mol. The number of aromatic nitrogens is 1. The zero-order valence-corrected chi connectivity index (χ0v) is 20.8. The highest BCUT2D eigenvalue weighted by Crippen LogP contribution is 2.33. The molecule has 6 nitrogen and oxygen atoms in total. The molecule has 0 bridgehead atoms. The van der Waals surface area contributed by atoms with E-state index >= 15 is 0 Å². The van der Waals surface area contributed by atoms with Crippen molar-refractivity contribution in [1.29, 1.82) is 0 Å². The highest BCUT2D eigenvalue weighted by atomic mass is 35.5. The van der Waals surface area contributed by atoms with E-state index < -0.39 is 12.0 Å². The van der Waals surface area contributed by atoms with Crippen molar-refractivity contribution in [2.24, 2.45) is 5.73 Å². The van der Waals surface area contributed by atoms with Gasteiger partial charge in [0.05, 0.1) is 0 Å². The number of nitrogens with two attached hydrogens (primary N) is 1. The molecule has 0 saturated heterocycles. The molecule has 34 heavy (non-hydrogen) atoms. The van der Waals surface area contributed by atoms with Gasteiger partial charge in [0.2, 0.25) is 5.91 Å². The maximum atomic E-state index is 11.9. The van der Waals surface area contributed by atoms with E-state index in [1.807, 2.05) is 54.0 Å². The number of H-pyrrole nitrogens is 1. The summed E-state index contributed by atoms with van der Waals surface area (Å²) in [6, 6.07) is 17.4. The molecule has 0 unspecified atom stereocenters. The van der Waals surface area contributed by atoms with Gasteiger partial charge in [0.1, 0.15) is 18.5 Å². The van der Waals surface area contributed by atoms with Crippen LogP contribution in [-0.4, -0.2) is 40.8 Å². The van der Waals surface area contributed by atoms with E-state index in [2.05, 4.69) is 30.2 Å². The number of aromatic amines is 1. The van der Waals surface area contributed by atoms with E-state index in [1.165, 1.54) is 0 Å². The van der Waals surface area contributed by atoms with Crippen LogP contribution in [0.15, 0.2) is 66.2 Å². The molecule has 4 rings (SSSR count). The topological polar surface area (TPSA) is 100 Å². The van der Waals surface area contributed by atoms with Crippen LogP contribution in [0, 0.1) is 0 Å². The monoisotopic (exact) mass is 499 g/mol. The zero-order valence-electron chi connectivity index (χ0n) is 19.2. The Kier molecular flexibility index (Phi) is 8.38. The fourth-order valence-electron chi connectivity index (χ4n) is 4.01. The van der Waals surface area contributed by atoms with Crippen LogP contribution in [0.3, 0.4) is 0 Å². The van der Waals surface area contributed by atoms with Gasteiger partial charge in [-0.1, -0.05) is 24.3 Å². The first-order chi connectivity index (χ1) is 15.8. The van der Waals surface area contributed by atoms with Crippen molar-refractivity contribution in [3.8, 4) is 16.2 Å².